The molecule has 2 amide bonds. The molecule has 0 aromatic heterocycles. The van der Waals surface area contributed by atoms with Gasteiger partial charge in [-0.05, 0) is 94.1 Å². The molecule has 0 bridgehead atoms. The van der Waals surface area contributed by atoms with Crippen molar-refractivity contribution >= 4 is 31.5 Å². The lowest BCUT2D eigenvalue weighted by atomic mass is 9.95. The van der Waals surface area contributed by atoms with Crippen LogP contribution in [0, 0.1) is 0 Å². The summed E-state index contributed by atoms with van der Waals surface area (Å²) in [6.45, 7) is 5.42. The quantitative estimate of drug-likeness (QED) is 0.217. The van der Waals surface area contributed by atoms with E-state index in [1.165, 1.54) is 17.6 Å². The van der Waals surface area contributed by atoms with Gasteiger partial charge in [-0.1, -0.05) is 51.0 Å². The van der Waals surface area contributed by atoms with Crippen LogP contribution in [-0.4, -0.2) is 86.8 Å². The lowest BCUT2D eigenvalue weighted by molar-refractivity contribution is -0.134. The molecule has 2 aromatic carbocycles. The highest BCUT2D eigenvalue weighted by Gasteiger charge is 2.53. The molecule has 0 atom stereocenters. The van der Waals surface area contributed by atoms with Gasteiger partial charge in [0.1, 0.15) is 0 Å². The zero-order valence-corrected chi connectivity index (χ0v) is 27.8. The van der Waals surface area contributed by atoms with Crippen molar-refractivity contribution < 1.29 is 41.6 Å². The molecule has 2 aliphatic heterocycles. The number of aryl methyl sites for hydroxylation is 2. The van der Waals surface area contributed by atoms with Gasteiger partial charge in [0.15, 0.2) is 29.2 Å². The van der Waals surface area contributed by atoms with Gasteiger partial charge in [-0.2, -0.15) is 0 Å². The van der Waals surface area contributed by atoms with Crippen LogP contribution in [0.4, 0.5) is 0 Å². The lowest BCUT2D eigenvalue weighted by Crippen LogP contribution is -2.57. The number of carbonyl (C=O) groups is 2. The largest absolute Gasteiger partial charge is 0.381 e. The number of hydrogen-bond acceptors (Lipinski definition) is 10. The van der Waals surface area contributed by atoms with Crippen LogP contribution in [0.25, 0.3) is 0 Å². The van der Waals surface area contributed by atoms with Crippen molar-refractivity contribution in [2.24, 2.45) is 0 Å². The van der Waals surface area contributed by atoms with Crippen LogP contribution < -0.4 is 11.0 Å². The number of hydroxylamine groups is 2. The summed E-state index contributed by atoms with van der Waals surface area (Å²) in [5, 5.41) is 18.0. The summed E-state index contributed by atoms with van der Waals surface area (Å²) < 4.78 is 54.0. The molecule has 0 spiro atoms. The van der Waals surface area contributed by atoms with E-state index >= 15 is 0 Å². The Morgan fingerprint density at radius 2 is 1.07 bits per heavy atom. The molecule has 0 aliphatic carbocycles. The number of hydrogen-bond donors (Lipinski definition) is 4. The predicted octanol–water partition coefficient (Wildman–Crippen LogP) is 2.85. The highest BCUT2D eigenvalue weighted by atomic mass is 32.2. The Labute approximate surface area is 265 Å². The van der Waals surface area contributed by atoms with E-state index < -0.39 is 41.0 Å². The van der Waals surface area contributed by atoms with Gasteiger partial charge >= 0.3 is 0 Å². The van der Waals surface area contributed by atoms with E-state index in [9.17, 15) is 26.4 Å². The molecule has 0 saturated carbocycles. The van der Waals surface area contributed by atoms with Gasteiger partial charge in [0.05, 0.1) is 9.79 Å². The molecule has 2 aromatic rings. The SMILES string of the molecule is CCCc1ccc(S(=O)(=O)C2(C(=O)NO)CCN(C)CC2)cc1.CCCc1ccc(S(=O)(=O)C2(C(=O)NO)CCOCC2)cc1. The number of amides is 2. The molecular weight excluding hydrogens is 622 g/mol. The molecule has 2 saturated heterocycles. The minimum absolute atomic E-state index is 0.0262. The number of carbonyl (C=O) groups excluding carboxylic acids is 2. The maximum Gasteiger partial charge on any atom is 0.265 e. The van der Waals surface area contributed by atoms with E-state index in [1.807, 2.05) is 18.9 Å². The van der Waals surface area contributed by atoms with Crippen molar-refractivity contribution in [2.45, 2.75) is 84.5 Å². The van der Waals surface area contributed by atoms with Gasteiger partial charge in [0.2, 0.25) is 0 Å². The molecule has 45 heavy (non-hydrogen) atoms. The first-order chi connectivity index (χ1) is 21.3. The molecule has 14 heteroatoms. The first-order valence-corrected chi connectivity index (χ1v) is 18.1. The highest BCUT2D eigenvalue weighted by molar-refractivity contribution is 7.94. The first-order valence-electron chi connectivity index (χ1n) is 15.2. The number of benzene rings is 2. The van der Waals surface area contributed by atoms with Crippen molar-refractivity contribution in [2.75, 3.05) is 33.4 Å². The molecule has 250 valence electrons. The van der Waals surface area contributed by atoms with Crippen molar-refractivity contribution in [3.05, 3.63) is 59.7 Å². The molecule has 4 N–H and O–H groups in total. The molecular formula is C31H45N3O9S2. The van der Waals surface area contributed by atoms with Gasteiger partial charge in [-0.3, -0.25) is 20.0 Å². The van der Waals surface area contributed by atoms with Crippen LogP contribution in [0.5, 0.6) is 0 Å². The third-order valence-corrected chi connectivity index (χ3v) is 13.7. The Morgan fingerprint density at radius 3 is 1.40 bits per heavy atom. The Bertz CT molecular complexity index is 1500. The van der Waals surface area contributed by atoms with Gasteiger partial charge in [0, 0.05) is 13.2 Å². The average Bonchev–Trinajstić information content (AvgIpc) is 3.05. The monoisotopic (exact) mass is 667 g/mol. The number of ether oxygens (including phenoxy) is 1. The molecule has 0 unspecified atom stereocenters. The van der Waals surface area contributed by atoms with Crippen LogP contribution in [0.3, 0.4) is 0 Å². The summed E-state index contributed by atoms with van der Waals surface area (Å²) in [5.41, 5.74) is 5.19. The fourth-order valence-corrected chi connectivity index (χ4v) is 9.71. The molecule has 2 heterocycles. The fraction of sp³-hybridized carbons (Fsp3) is 0.548. The molecule has 2 fully saturated rings. The summed E-state index contributed by atoms with van der Waals surface area (Å²) in [4.78, 5) is 26.5. The minimum atomic E-state index is -3.92. The molecule has 2 aliphatic rings. The summed E-state index contributed by atoms with van der Waals surface area (Å²) in [7, 11) is -5.93. The maximum absolute atomic E-state index is 13.1. The van der Waals surface area contributed by atoms with Crippen molar-refractivity contribution in [1.82, 2.24) is 15.9 Å². The number of likely N-dealkylation sites (tertiary alicyclic amines) is 1. The van der Waals surface area contributed by atoms with E-state index in [4.69, 9.17) is 15.2 Å². The summed E-state index contributed by atoms with van der Waals surface area (Å²) in [5.74, 6) is -1.74. The summed E-state index contributed by atoms with van der Waals surface area (Å²) in [6.07, 6.45) is 4.08. The minimum Gasteiger partial charge on any atom is -0.381 e. The van der Waals surface area contributed by atoms with Gasteiger partial charge in [0.25, 0.3) is 11.8 Å². The van der Waals surface area contributed by atoms with Crippen LogP contribution in [-0.2, 0) is 46.8 Å². The van der Waals surface area contributed by atoms with Crippen molar-refractivity contribution in [3.63, 3.8) is 0 Å². The van der Waals surface area contributed by atoms with E-state index in [-0.39, 0.29) is 48.7 Å². The lowest BCUT2D eigenvalue weighted by Gasteiger charge is -2.38. The third-order valence-electron chi connectivity index (χ3n) is 8.70. The second kappa shape index (κ2) is 15.6. The van der Waals surface area contributed by atoms with E-state index in [0.717, 1.165) is 36.8 Å². The second-order valence-corrected chi connectivity index (χ2v) is 16.1. The molecule has 4 rings (SSSR count). The van der Waals surface area contributed by atoms with Crippen LogP contribution in [0.1, 0.15) is 63.5 Å². The Kier molecular flexibility index (Phi) is 12.7. The molecule has 12 nitrogen and oxygen atoms in total. The number of sulfone groups is 2. The van der Waals surface area contributed by atoms with Gasteiger partial charge in [-0.15, -0.1) is 0 Å². The molecule has 0 radical (unpaired) electrons. The number of nitrogens with one attached hydrogen (secondary N) is 2. The maximum atomic E-state index is 13.1. The van der Waals surface area contributed by atoms with E-state index in [0.29, 0.717) is 13.1 Å². The smallest absolute Gasteiger partial charge is 0.265 e. The standard InChI is InChI=1S/C16H24N2O4S.C15H21NO5S/c1-3-4-13-5-7-14(8-6-13)23(21,22)16(15(19)17-20)9-11-18(2)12-10-16;1-2-3-12-4-6-13(7-5-12)22(19,20)15(14(17)16-18)8-10-21-11-9-15/h5-8,20H,3-4,9-12H2,1-2H3,(H,17,19);4-7,18H,2-3,8-11H2,1H3,(H,16,17). The van der Waals surface area contributed by atoms with Crippen LogP contribution >= 0.6 is 0 Å². The Morgan fingerprint density at radius 1 is 0.711 bits per heavy atom. The second-order valence-electron chi connectivity index (χ2n) is 11.6. The highest BCUT2D eigenvalue weighted by Crippen LogP contribution is 2.37. The van der Waals surface area contributed by atoms with Crippen LogP contribution in [0.2, 0.25) is 0 Å². The zero-order valence-electron chi connectivity index (χ0n) is 26.1. The van der Waals surface area contributed by atoms with Gasteiger partial charge < -0.3 is 9.64 Å². The van der Waals surface area contributed by atoms with E-state index in [1.54, 1.807) is 41.9 Å². The van der Waals surface area contributed by atoms with Crippen molar-refractivity contribution in [3.8, 4) is 0 Å². The van der Waals surface area contributed by atoms with Crippen molar-refractivity contribution in [1.29, 1.82) is 0 Å². The van der Waals surface area contributed by atoms with Crippen LogP contribution in [0.15, 0.2) is 58.3 Å². The number of nitrogens with zero attached hydrogens (tertiary/aromatic N) is 1. The predicted molar refractivity (Wildman–Crippen MR) is 167 cm³/mol. The third kappa shape index (κ3) is 7.58. The Balaban J connectivity index is 0.000000246. The fourth-order valence-electron chi connectivity index (χ4n) is 5.82. The number of rotatable bonds is 10. The number of piperidine rings is 1. The summed E-state index contributed by atoms with van der Waals surface area (Å²) in [6, 6.07) is 13.3. The zero-order chi connectivity index (χ0) is 33.3. The Hall–Kier alpha value is -2.88. The van der Waals surface area contributed by atoms with Gasteiger partial charge in [-0.25, -0.2) is 27.8 Å². The average molecular weight is 668 g/mol. The van der Waals surface area contributed by atoms with E-state index in [2.05, 4.69) is 6.92 Å². The summed E-state index contributed by atoms with van der Waals surface area (Å²) >= 11 is 0. The first kappa shape index (κ1) is 36.6. The normalized spacial score (nSPS) is 18.2. The topological polar surface area (TPSA) is 179 Å².